The number of nitrogens with zero attached hydrogens (tertiary/aromatic N) is 3. The van der Waals surface area contributed by atoms with E-state index in [0.29, 0.717) is 23.3 Å². The number of halogens is 1. The van der Waals surface area contributed by atoms with Crippen LogP contribution < -0.4 is 10.9 Å². The van der Waals surface area contributed by atoms with Crippen LogP contribution in [0.5, 0.6) is 0 Å². The summed E-state index contributed by atoms with van der Waals surface area (Å²) in [6.45, 7) is 3.88. The van der Waals surface area contributed by atoms with E-state index < -0.39 is 0 Å². The maximum absolute atomic E-state index is 12.1. The first-order valence-electron chi connectivity index (χ1n) is 6.11. The molecular formula is C12H21BrN4O2. The fraction of sp³-hybridized carbons (Fsp3) is 0.667. The minimum atomic E-state index is -0.128. The Balaban J connectivity index is 2.82. The van der Waals surface area contributed by atoms with E-state index in [1.807, 2.05) is 25.9 Å². The molecule has 0 saturated heterocycles. The SMILES string of the molecule is COCC(C)Nc1cnn(CCN(C)C)c(=O)c1Br. The highest BCUT2D eigenvalue weighted by Gasteiger charge is 2.11. The Morgan fingerprint density at radius 1 is 1.58 bits per heavy atom. The predicted molar refractivity (Wildman–Crippen MR) is 79.7 cm³/mol. The highest BCUT2D eigenvalue weighted by molar-refractivity contribution is 9.10. The molecule has 1 unspecified atom stereocenters. The van der Waals surface area contributed by atoms with Crippen LogP contribution in [-0.2, 0) is 11.3 Å². The van der Waals surface area contributed by atoms with Gasteiger partial charge in [-0.25, -0.2) is 4.68 Å². The van der Waals surface area contributed by atoms with E-state index in [9.17, 15) is 4.79 Å². The fourth-order valence-electron chi connectivity index (χ4n) is 1.58. The van der Waals surface area contributed by atoms with Crippen LogP contribution in [0, 0.1) is 0 Å². The maximum atomic E-state index is 12.1. The smallest absolute Gasteiger partial charge is 0.283 e. The second-order valence-electron chi connectivity index (χ2n) is 4.70. The molecule has 0 bridgehead atoms. The number of rotatable bonds is 7. The molecule has 108 valence electrons. The van der Waals surface area contributed by atoms with E-state index in [2.05, 4.69) is 26.3 Å². The topological polar surface area (TPSA) is 59.4 Å². The third kappa shape index (κ3) is 4.93. The molecule has 0 aromatic carbocycles. The third-order valence-electron chi connectivity index (χ3n) is 2.56. The van der Waals surface area contributed by atoms with Crippen LogP contribution in [-0.4, -0.2) is 55.1 Å². The van der Waals surface area contributed by atoms with Gasteiger partial charge in [-0.05, 0) is 36.9 Å². The van der Waals surface area contributed by atoms with Gasteiger partial charge in [-0.1, -0.05) is 0 Å². The van der Waals surface area contributed by atoms with Crippen LogP contribution in [0.1, 0.15) is 6.92 Å². The molecule has 0 radical (unpaired) electrons. The lowest BCUT2D eigenvalue weighted by Gasteiger charge is -2.16. The van der Waals surface area contributed by atoms with Gasteiger partial charge in [0.05, 0.1) is 25.0 Å². The molecule has 1 aromatic rings. The fourth-order valence-corrected chi connectivity index (χ4v) is 2.00. The second kappa shape index (κ2) is 7.62. The van der Waals surface area contributed by atoms with E-state index in [1.54, 1.807) is 13.3 Å². The number of hydrogen-bond acceptors (Lipinski definition) is 5. The van der Waals surface area contributed by atoms with Crippen LogP contribution in [0.4, 0.5) is 5.69 Å². The standard InChI is InChI=1S/C12H21BrN4O2/c1-9(8-19-4)15-10-7-14-17(6-5-16(2)3)12(18)11(10)13/h7,9,15H,5-6,8H2,1-4H3. The summed E-state index contributed by atoms with van der Waals surface area (Å²) in [5.74, 6) is 0. The molecule has 1 rings (SSSR count). The maximum Gasteiger partial charge on any atom is 0.283 e. The van der Waals surface area contributed by atoms with Crippen molar-refractivity contribution in [3.63, 3.8) is 0 Å². The van der Waals surface area contributed by atoms with Crippen LogP contribution in [0.15, 0.2) is 15.5 Å². The second-order valence-corrected chi connectivity index (χ2v) is 5.50. The molecule has 0 amide bonds. The lowest BCUT2D eigenvalue weighted by molar-refractivity contribution is 0.190. The van der Waals surface area contributed by atoms with Crippen molar-refractivity contribution < 1.29 is 4.74 Å². The van der Waals surface area contributed by atoms with Gasteiger partial charge in [-0.2, -0.15) is 5.10 Å². The average molecular weight is 333 g/mol. The number of nitrogens with one attached hydrogen (secondary N) is 1. The number of aromatic nitrogens is 2. The van der Waals surface area contributed by atoms with Crippen LogP contribution in [0.25, 0.3) is 0 Å². The van der Waals surface area contributed by atoms with Gasteiger partial charge < -0.3 is 15.0 Å². The summed E-state index contributed by atoms with van der Waals surface area (Å²) in [6, 6.07) is 0.111. The van der Waals surface area contributed by atoms with Gasteiger partial charge in [0.15, 0.2) is 0 Å². The van der Waals surface area contributed by atoms with E-state index >= 15 is 0 Å². The van der Waals surface area contributed by atoms with Crippen molar-refractivity contribution in [1.82, 2.24) is 14.7 Å². The minimum Gasteiger partial charge on any atom is -0.383 e. The Kier molecular flexibility index (Phi) is 6.47. The molecule has 0 aliphatic rings. The predicted octanol–water partition coefficient (Wildman–Crippen LogP) is 1.01. The van der Waals surface area contributed by atoms with E-state index in [-0.39, 0.29) is 11.6 Å². The van der Waals surface area contributed by atoms with Crippen molar-refractivity contribution >= 4 is 21.6 Å². The zero-order chi connectivity index (χ0) is 14.4. The molecule has 0 aliphatic heterocycles. The zero-order valence-electron chi connectivity index (χ0n) is 11.8. The Morgan fingerprint density at radius 2 is 2.26 bits per heavy atom. The van der Waals surface area contributed by atoms with Gasteiger partial charge in [-0.15, -0.1) is 0 Å². The van der Waals surface area contributed by atoms with Crippen molar-refractivity contribution in [2.75, 3.05) is 39.7 Å². The number of ether oxygens (including phenoxy) is 1. The van der Waals surface area contributed by atoms with Gasteiger partial charge >= 0.3 is 0 Å². The molecule has 7 heteroatoms. The van der Waals surface area contributed by atoms with Crippen molar-refractivity contribution in [2.45, 2.75) is 19.5 Å². The molecule has 1 N–H and O–H groups in total. The molecule has 1 atom stereocenters. The average Bonchev–Trinajstić information content (AvgIpc) is 2.34. The van der Waals surface area contributed by atoms with E-state index in [4.69, 9.17) is 4.74 Å². The molecule has 1 aromatic heterocycles. The number of likely N-dealkylation sites (N-methyl/N-ethyl adjacent to an activating group) is 1. The summed E-state index contributed by atoms with van der Waals surface area (Å²) in [6.07, 6.45) is 1.66. The Morgan fingerprint density at radius 3 is 2.84 bits per heavy atom. The van der Waals surface area contributed by atoms with Crippen LogP contribution in [0.3, 0.4) is 0 Å². The lowest BCUT2D eigenvalue weighted by atomic mass is 10.3. The summed E-state index contributed by atoms with van der Waals surface area (Å²) in [5.41, 5.74) is 0.562. The first-order chi connectivity index (χ1) is 8.95. The molecular weight excluding hydrogens is 312 g/mol. The summed E-state index contributed by atoms with van der Waals surface area (Å²) >= 11 is 3.33. The molecule has 0 spiro atoms. The molecule has 0 saturated carbocycles. The van der Waals surface area contributed by atoms with Gasteiger partial charge in [0.25, 0.3) is 5.56 Å². The van der Waals surface area contributed by atoms with Crippen molar-refractivity contribution in [1.29, 1.82) is 0 Å². The van der Waals surface area contributed by atoms with Crippen molar-refractivity contribution in [3.8, 4) is 0 Å². The number of anilines is 1. The Labute approximate surface area is 121 Å². The van der Waals surface area contributed by atoms with Crippen molar-refractivity contribution in [3.05, 3.63) is 21.0 Å². The molecule has 0 fully saturated rings. The largest absolute Gasteiger partial charge is 0.383 e. The lowest BCUT2D eigenvalue weighted by Crippen LogP contribution is -2.30. The summed E-state index contributed by atoms with van der Waals surface area (Å²) in [7, 11) is 5.57. The normalized spacial score (nSPS) is 12.7. The number of hydrogen-bond donors (Lipinski definition) is 1. The molecule has 1 heterocycles. The highest BCUT2D eigenvalue weighted by Crippen LogP contribution is 2.17. The van der Waals surface area contributed by atoms with Gasteiger partial charge in [0.2, 0.25) is 0 Å². The Hall–Kier alpha value is -0.920. The van der Waals surface area contributed by atoms with E-state index in [1.165, 1.54) is 4.68 Å². The van der Waals surface area contributed by atoms with Gasteiger partial charge in [-0.3, -0.25) is 4.79 Å². The van der Waals surface area contributed by atoms with Crippen LogP contribution in [0.2, 0.25) is 0 Å². The molecule has 6 nitrogen and oxygen atoms in total. The third-order valence-corrected chi connectivity index (χ3v) is 3.33. The van der Waals surface area contributed by atoms with Crippen LogP contribution >= 0.6 is 15.9 Å². The minimum absolute atomic E-state index is 0.111. The van der Waals surface area contributed by atoms with Gasteiger partial charge in [0.1, 0.15) is 4.47 Å². The first kappa shape index (κ1) is 16.1. The van der Waals surface area contributed by atoms with Gasteiger partial charge in [0, 0.05) is 19.7 Å². The summed E-state index contributed by atoms with van der Waals surface area (Å²) in [5, 5.41) is 7.35. The van der Waals surface area contributed by atoms with Crippen molar-refractivity contribution in [2.24, 2.45) is 0 Å². The summed E-state index contributed by atoms with van der Waals surface area (Å²) < 4.78 is 7.01. The number of methoxy groups -OCH3 is 1. The molecule has 0 aliphatic carbocycles. The molecule has 19 heavy (non-hydrogen) atoms. The monoisotopic (exact) mass is 332 g/mol. The zero-order valence-corrected chi connectivity index (χ0v) is 13.4. The Bertz CT molecular complexity index is 462. The highest BCUT2D eigenvalue weighted by atomic mass is 79.9. The first-order valence-corrected chi connectivity index (χ1v) is 6.90. The van der Waals surface area contributed by atoms with E-state index in [0.717, 1.165) is 6.54 Å². The summed E-state index contributed by atoms with van der Waals surface area (Å²) in [4.78, 5) is 14.1. The quantitative estimate of drug-likeness (QED) is 0.807.